The summed E-state index contributed by atoms with van der Waals surface area (Å²) in [6, 6.07) is 17.0. The summed E-state index contributed by atoms with van der Waals surface area (Å²) in [7, 11) is 0. The van der Waals surface area contributed by atoms with Crippen LogP contribution in [0.4, 0.5) is 11.4 Å². The second kappa shape index (κ2) is 7.06. The van der Waals surface area contributed by atoms with Crippen LogP contribution in [-0.4, -0.2) is 17.9 Å². The molecule has 0 radical (unpaired) electrons. The molecule has 3 N–H and O–H groups in total. The third-order valence-corrected chi connectivity index (χ3v) is 4.54. The van der Waals surface area contributed by atoms with Crippen molar-refractivity contribution in [3.8, 4) is 0 Å². The molecule has 0 spiro atoms. The molecule has 1 amide bonds. The van der Waals surface area contributed by atoms with Crippen molar-refractivity contribution in [3.05, 3.63) is 83.0 Å². The molecule has 0 fully saturated rings. The van der Waals surface area contributed by atoms with Crippen LogP contribution in [0.25, 0.3) is 0 Å². The highest BCUT2D eigenvalue weighted by atomic mass is 35.5. The zero-order valence-electron chi connectivity index (χ0n) is 13.9. The number of halogens is 1. The summed E-state index contributed by atoms with van der Waals surface area (Å²) < 4.78 is 0. The minimum atomic E-state index is -0.134. The molecule has 2 aromatic rings. The maximum atomic E-state index is 12.4. The molecular formula is C20H17ClN4O. The molecule has 5 nitrogen and oxygen atoms in total. The Hall–Kier alpha value is -3.05. The SMILES string of the molecule is O=C(Nc1ccccc1)C1=CCC2NC(Nc3ccccc3Cl)=NC2=C1. The van der Waals surface area contributed by atoms with E-state index in [9.17, 15) is 4.79 Å². The highest BCUT2D eigenvalue weighted by molar-refractivity contribution is 6.33. The van der Waals surface area contributed by atoms with Gasteiger partial charge in [0.05, 0.1) is 22.4 Å². The van der Waals surface area contributed by atoms with Crippen molar-refractivity contribution < 1.29 is 4.79 Å². The molecule has 26 heavy (non-hydrogen) atoms. The number of anilines is 2. The number of carbonyl (C=O) groups excluding carboxylic acids is 1. The van der Waals surface area contributed by atoms with Gasteiger partial charge in [0.1, 0.15) is 0 Å². The summed E-state index contributed by atoms with van der Waals surface area (Å²) in [6.07, 6.45) is 4.44. The lowest BCUT2D eigenvalue weighted by molar-refractivity contribution is -0.112. The number of para-hydroxylation sites is 2. The lowest BCUT2D eigenvalue weighted by Gasteiger charge is -2.16. The van der Waals surface area contributed by atoms with E-state index in [1.54, 1.807) is 0 Å². The molecule has 0 aromatic heterocycles. The van der Waals surface area contributed by atoms with Crippen LogP contribution in [0.15, 0.2) is 83.0 Å². The predicted molar refractivity (Wildman–Crippen MR) is 105 cm³/mol. The number of aliphatic imine (C=N–C) groups is 1. The van der Waals surface area contributed by atoms with Gasteiger partial charge in [-0.25, -0.2) is 4.99 Å². The van der Waals surface area contributed by atoms with Gasteiger partial charge in [-0.3, -0.25) is 4.79 Å². The van der Waals surface area contributed by atoms with Gasteiger partial charge in [-0.1, -0.05) is 48.0 Å². The van der Waals surface area contributed by atoms with E-state index in [1.165, 1.54) is 0 Å². The summed E-state index contributed by atoms with van der Waals surface area (Å²) in [5.41, 5.74) is 3.01. The molecule has 1 unspecified atom stereocenters. The van der Waals surface area contributed by atoms with Gasteiger partial charge in [0.25, 0.3) is 5.91 Å². The van der Waals surface area contributed by atoms with Crippen molar-refractivity contribution in [2.45, 2.75) is 12.5 Å². The first-order valence-electron chi connectivity index (χ1n) is 8.34. The third kappa shape index (κ3) is 3.48. The summed E-state index contributed by atoms with van der Waals surface area (Å²) in [5.74, 6) is 0.498. The van der Waals surface area contributed by atoms with Crippen LogP contribution in [0.2, 0.25) is 5.02 Å². The smallest absolute Gasteiger partial charge is 0.255 e. The molecule has 1 atom stereocenters. The van der Waals surface area contributed by atoms with Crippen molar-refractivity contribution in [1.29, 1.82) is 0 Å². The average Bonchev–Trinajstić information content (AvgIpc) is 3.06. The Kier molecular flexibility index (Phi) is 4.46. The largest absolute Gasteiger partial charge is 0.347 e. The van der Waals surface area contributed by atoms with Crippen LogP contribution in [-0.2, 0) is 4.79 Å². The maximum absolute atomic E-state index is 12.4. The second-order valence-electron chi connectivity index (χ2n) is 6.05. The lowest BCUT2D eigenvalue weighted by atomic mass is 10.00. The topological polar surface area (TPSA) is 65.5 Å². The summed E-state index contributed by atoms with van der Waals surface area (Å²) >= 11 is 6.17. The van der Waals surface area contributed by atoms with Crippen LogP contribution in [0.5, 0.6) is 0 Å². The summed E-state index contributed by atoms with van der Waals surface area (Å²) in [5, 5.41) is 10.0. The Morgan fingerprint density at radius 1 is 1.12 bits per heavy atom. The van der Waals surface area contributed by atoms with Gasteiger partial charge in [-0.05, 0) is 36.8 Å². The van der Waals surface area contributed by atoms with Crippen LogP contribution < -0.4 is 16.0 Å². The van der Waals surface area contributed by atoms with Crippen molar-refractivity contribution in [2.75, 3.05) is 10.6 Å². The van der Waals surface area contributed by atoms with Gasteiger partial charge in [0, 0.05) is 11.3 Å². The number of nitrogens with zero attached hydrogens (tertiary/aromatic N) is 1. The van der Waals surface area contributed by atoms with E-state index < -0.39 is 0 Å². The number of benzene rings is 2. The molecule has 2 aromatic carbocycles. The normalized spacial score (nSPS) is 18.0. The molecule has 0 saturated carbocycles. The number of nitrogens with one attached hydrogen (secondary N) is 3. The molecule has 1 aliphatic carbocycles. The van der Waals surface area contributed by atoms with Crippen molar-refractivity contribution >= 4 is 34.8 Å². The number of hydrogen-bond acceptors (Lipinski definition) is 4. The number of guanidine groups is 1. The zero-order valence-corrected chi connectivity index (χ0v) is 14.6. The van der Waals surface area contributed by atoms with E-state index in [4.69, 9.17) is 11.6 Å². The first-order valence-corrected chi connectivity index (χ1v) is 8.72. The minimum Gasteiger partial charge on any atom is -0.347 e. The van der Waals surface area contributed by atoms with Crippen LogP contribution in [0, 0.1) is 0 Å². The predicted octanol–water partition coefficient (Wildman–Crippen LogP) is 3.93. The highest BCUT2D eigenvalue weighted by Crippen LogP contribution is 2.26. The highest BCUT2D eigenvalue weighted by Gasteiger charge is 2.27. The second-order valence-corrected chi connectivity index (χ2v) is 6.45. The quantitative estimate of drug-likeness (QED) is 0.773. The molecule has 1 heterocycles. The Morgan fingerprint density at radius 2 is 1.88 bits per heavy atom. The molecule has 6 heteroatoms. The van der Waals surface area contributed by atoms with E-state index >= 15 is 0 Å². The summed E-state index contributed by atoms with van der Waals surface area (Å²) in [6.45, 7) is 0. The van der Waals surface area contributed by atoms with Crippen LogP contribution >= 0.6 is 11.6 Å². The Balaban J connectivity index is 1.47. The van der Waals surface area contributed by atoms with E-state index in [0.29, 0.717) is 23.0 Å². The van der Waals surface area contributed by atoms with E-state index in [1.807, 2.05) is 66.7 Å². The lowest BCUT2D eigenvalue weighted by Crippen LogP contribution is -2.34. The molecule has 0 saturated heterocycles. The minimum absolute atomic E-state index is 0.0632. The fourth-order valence-corrected chi connectivity index (χ4v) is 3.07. The molecule has 2 aliphatic rings. The number of carbonyl (C=O) groups is 1. The van der Waals surface area contributed by atoms with Gasteiger partial charge in [0.2, 0.25) is 5.96 Å². The first kappa shape index (κ1) is 16.4. The molecule has 1 aliphatic heterocycles. The number of hydrogen-bond donors (Lipinski definition) is 3. The van der Waals surface area contributed by atoms with Crippen LogP contribution in [0.3, 0.4) is 0 Å². The van der Waals surface area contributed by atoms with Gasteiger partial charge in [-0.15, -0.1) is 0 Å². The Labute approximate surface area is 156 Å². The number of amides is 1. The van der Waals surface area contributed by atoms with Crippen molar-refractivity contribution in [3.63, 3.8) is 0 Å². The third-order valence-electron chi connectivity index (χ3n) is 4.21. The average molecular weight is 365 g/mol. The maximum Gasteiger partial charge on any atom is 0.255 e. The van der Waals surface area contributed by atoms with Crippen molar-refractivity contribution in [2.24, 2.45) is 4.99 Å². The Morgan fingerprint density at radius 3 is 2.69 bits per heavy atom. The first-order chi connectivity index (χ1) is 12.7. The van der Waals surface area contributed by atoms with Crippen molar-refractivity contribution in [1.82, 2.24) is 5.32 Å². The number of rotatable bonds is 3. The van der Waals surface area contributed by atoms with E-state index in [-0.39, 0.29) is 11.9 Å². The summed E-state index contributed by atoms with van der Waals surface area (Å²) in [4.78, 5) is 17.0. The van der Waals surface area contributed by atoms with Gasteiger partial charge < -0.3 is 16.0 Å². The van der Waals surface area contributed by atoms with E-state index in [2.05, 4.69) is 20.9 Å². The molecule has 130 valence electrons. The molecule has 0 bridgehead atoms. The molecular weight excluding hydrogens is 348 g/mol. The van der Waals surface area contributed by atoms with E-state index in [0.717, 1.165) is 17.1 Å². The van der Waals surface area contributed by atoms with Gasteiger partial charge in [0.15, 0.2) is 0 Å². The fraction of sp³-hybridized carbons (Fsp3) is 0.100. The Bertz CT molecular complexity index is 934. The monoisotopic (exact) mass is 364 g/mol. The fourth-order valence-electron chi connectivity index (χ4n) is 2.89. The van der Waals surface area contributed by atoms with Gasteiger partial charge >= 0.3 is 0 Å². The zero-order chi connectivity index (χ0) is 17.9. The van der Waals surface area contributed by atoms with Crippen LogP contribution in [0.1, 0.15) is 6.42 Å². The van der Waals surface area contributed by atoms with Gasteiger partial charge in [-0.2, -0.15) is 0 Å². The standard InChI is InChI=1S/C20H17ClN4O/c21-15-8-4-5-9-16(15)23-20-24-17-11-10-13(12-18(17)25-20)19(26)22-14-6-2-1-3-7-14/h1-10,12,17H,11H2,(H,22,26)(H2,23,24,25). The molecule has 4 rings (SSSR count). The number of fused-ring (bicyclic) bond motifs is 1.